The van der Waals surface area contributed by atoms with Gasteiger partial charge in [-0.1, -0.05) is 0 Å². The smallest absolute Gasteiger partial charge is 0.312 e. The molecule has 2 aliphatic rings. The number of aromatic nitrogens is 2. The van der Waals surface area contributed by atoms with Gasteiger partial charge in [0.25, 0.3) is 0 Å². The molecular weight excluding hydrogens is 324 g/mol. The second-order valence-electron chi connectivity index (χ2n) is 6.73. The molecule has 0 bridgehead atoms. The van der Waals surface area contributed by atoms with Gasteiger partial charge >= 0.3 is 11.8 Å². The predicted octanol–water partition coefficient (Wildman–Crippen LogP) is 0.205. The maximum atomic E-state index is 12.6. The van der Waals surface area contributed by atoms with Crippen molar-refractivity contribution in [1.29, 1.82) is 0 Å². The van der Waals surface area contributed by atoms with E-state index in [4.69, 9.17) is 9.47 Å². The Balaban J connectivity index is 1.57. The molecule has 1 aromatic rings. The number of hydrogen-bond donors (Lipinski definition) is 0. The van der Waals surface area contributed by atoms with Gasteiger partial charge in [0.05, 0.1) is 18.8 Å². The molecule has 8 nitrogen and oxygen atoms in total. The monoisotopic (exact) mass is 350 g/mol. The second kappa shape index (κ2) is 7.97. The Labute approximate surface area is 147 Å². The fourth-order valence-electron chi connectivity index (χ4n) is 3.41. The minimum Gasteiger partial charge on any atom is -0.381 e. The third kappa shape index (κ3) is 4.19. The van der Waals surface area contributed by atoms with Crippen molar-refractivity contribution in [2.24, 2.45) is 13.0 Å². The molecule has 0 aromatic carbocycles. The van der Waals surface area contributed by atoms with Crippen LogP contribution in [0.1, 0.15) is 24.6 Å². The van der Waals surface area contributed by atoms with Crippen LogP contribution in [0.2, 0.25) is 0 Å². The molecule has 0 radical (unpaired) electrons. The van der Waals surface area contributed by atoms with Gasteiger partial charge < -0.3 is 19.3 Å². The molecule has 1 aromatic heterocycles. The SMILES string of the molecule is CN(CC1CCOCC1)C(=O)C(=O)N1CCOC(c2ccnn2C)C1. The highest BCUT2D eigenvalue weighted by Crippen LogP contribution is 2.22. The van der Waals surface area contributed by atoms with Crippen LogP contribution in [0.15, 0.2) is 12.3 Å². The number of ether oxygens (including phenoxy) is 2. The van der Waals surface area contributed by atoms with Gasteiger partial charge in [0.1, 0.15) is 6.10 Å². The minimum absolute atomic E-state index is 0.251. The minimum atomic E-state index is -0.454. The van der Waals surface area contributed by atoms with Crippen LogP contribution in [-0.2, 0) is 26.1 Å². The van der Waals surface area contributed by atoms with Gasteiger partial charge in [-0.25, -0.2) is 0 Å². The summed E-state index contributed by atoms with van der Waals surface area (Å²) in [7, 11) is 3.54. The third-order valence-corrected chi connectivity index (χ3v) is 4.94. The maximum absolute atomic E-state index is 12.6. The highest BCUT2D eigenvalue weighted by atomic mass is 16.5. The Bertz CT molecular complexity index is 612. The van der Waals surface area contributed by atoms with Crippen molar-refractivity contribution in [1.82, 2.24) is 19.6 Å². The summed E-state index contributed by atoms with van der Waals surface area (Å²) in [4.78, 5) is 28.3. The number of aryl methyl sites for hydroxylation is 1. The topological polar surface area (TPSA) is 76.9 Å². The molecular formula is C17H26N4O4. The fourth-order valence-corrected chi connectivity index (χ4v) is 3.41. The Morgan fingerprint density at radius 2 is 2.08 bits per heavy atom. The molecule has 3 rings (SSSR count). The van der Waals surface area contributed by atoms with Crippen molar-refractivity contribution in [2.75, 3.05) is 46.5 Å². The van der Waals surface area contributed by atoms with Crippen LogP contribution in [0.3, 0.4) is 0 Å². The van der Waals surface area contributed by atoms with E-state index in [1.807, 2.05) is 13.1 Å². The number of rotatable bonds is 3. The standard InChI is InChI=1S/C17H26N4O4/c1-19(11-13-4-8-24-9-5-13)16(22)17(23)21-7-10-25-15(12-21)14-3-6-18-20(14)2/h3,6,13,15H,4-5,7-12H2,1-2H3. The highest BCUT2D eigenvalue weighted by molar-refractivity contribution is 6.34. The Kier molecular flexibility index (Phi) is 5.70. The van der Waals surface area contributed by atoms with E-state index < -0.39 is 11.8 Å². The molecule has 138 valence electrons. The van der Waals surface area contributed by atoms with Crippen LogP contribution in [0.5, 0.6) is 0 Å². The Morgan fingerprint density at radius 1 is 1.32 bits per heavy atom. The molecule has 2 aliphatic heterocycles. The van der Waals surface area contributed by atoms with Crippen LogP contribution in [0, 0.1) is 5.92 Å². The van der Waals surface area contributed by atoms with Gasteiger partial charge in [0.2, 0.25) is 0 Å². The lowest BCUT2D eigenvalue weighted by atomic mass is 10.00. The fraction of sp³-hybridized carbons (Fsp3) is 0.706. The Hall–Kier alpha value is -1.93. The number of hydrogen-bond acceptors (Lipinski definition) is 5. The van der Waals surface area contributed by atoms with E-state index in [2.05, 4.69) is 5.10 Å². The molecule has 0 spiro atoms. The lowest BCUT2D eigenvalue weighted by Crippen LogP contribution is -2.50. The normalized spacial score (nSPS) is 22.0. The average molecular weight is 350 g/mol. The summed E-state index contributed by atoms with van der Waals surface area (Å²) >= 11 is 0. The highest BCUT2D eigenvalue weighted by Gasteiger charge is 2.32. The number of carbonyl (C=O) groups is 2. The van der Waals surface area contributed by atoms with Crippen LogP contribution >= 0.6 is 0 Å². The summed E-state index contributed by atoms with van der Waals surface area (Å²) in [6.07, 6.45) is 3.32. The van der Waals surface area contributed by atoms with Crippen molar-refractivity contribution in [3.8, 4) is 0 Å². The van der Waals surface area contributed by atoms with Gasteiger partial charge in [-0.3, -0.25) is 14.3 Å². The third-order valence-electron chi connectivity index (χ3n) is 4.94. The second-order valence-corrected chi connectivity index (χ2v) is 6.73. The molecule has 2 amide bonds. The van der Waals surface area contributed by atoms with E-state index in [1.54, 1.807) is 27.7 Å². The van der Waals surface area contributed by atoms with Crippen molar-refractivity contribution >= 4 is 11.8 Å². The van der Waals surface area contributed by atoms with Crippen LogP contribution < -0.4 is 0 Å². The van der Waals surface area contributed by atoms with Gasteiger partial charge in [-0.05, 0) is 24.8 Å². The maximum Gasteiger partial charge on any atom is 0.312 e. The van der Waals surface area contributed by atoms with Crippen LogP contribution in [0.25, 0.3) is 0 Å². The molecule has 0 aliphatic carbocycles. The summed E-state index contributed by atoms with van der Waals surface area (Å²) in [5.41, 5.74) is 0.903. The van der Waals surface area contributed by atoms with E-state index >= 15 is 0 Å². The predicted molar refractivity (Wildman–Crippen MR) is 89.7 cm³/mol. The van der Waals surface area contributed by atoms with Crippen LogP contribution in [0.4, 0.5) is 0 Å². The lowest BCUT2D eigenvalue weighted by Gasteiger charge is -2.34. The molecule has 0 N–H and O–H groups in total. The summed E-state index contributed by atoms with van der Waals surface area (Å²) in [6.45, 7) is 3.29. The Morgan fingerprint density at radius 3 is 2.76 bits per heavy atom. The van der Waals surface area contributed by atoms with Gasteiger partial charge in [-0.2, -0.15) is 5.10 Å². The first-order valence-corrected chi connectivity index (χ1v) is 8.78. The molecule has 25 heavy (non-hydrogen) atoms. The first kappa shape index (κ1) is 17.9. The van der Waals surface area contributed by atoms with E-state index in [-0.39, 0.29) is 6.10 Å². The van der Waals surface area contributed by atoms with Gasteiger partial charge in [-0.15, -0.1) is 0 Å². The summed E-state index contributed by atoms with van der Waals surface area (Å²) in [6, 6.07) is 1.87. The summed E-state index contributed by atoms with van der Waals surface area (Å²) in [5, 5.41) is 4.14. The lowest BCUT2D eigenvalue weighted by molar-refractivity contribution is -0.156. The van der Waals surface area contributed by atoms with E-state index in [1.165, 1.54) is 0 Å². The molecule has 8 heteroatoms. The molecule has 2 saturated heterocycles. The summed E-state index contributed by atoms with van der Waals surface area (Å²) < 4.78 is 12.8. The van der Waals surface area contributed by atoms with E-state index in [0.29, 0.717) is 32.2 Å². The van der Waals surface area contributed by atoms with E-state index in [0.717, 1.165) is 31.7 Å². The number of carbonyl (C=O) groups excluding carboxylic acids is 2. The van der Waals surface area contributed by atoms with Crippen LogP contribution in [-0.4, -0.2) is 77.9 Å². The zero-order chi connectivity index (χ0) is 17.8. The number of amides is 2. The van der Waals surface area contributed by atoms with Crippen molar-refractivity contribution in [2.45, 2.75) is 18.9 Å². The first-order valence-electron chi connectivity index (χ1n) is 8.78. The van der Waals surface area contributed by atoms with Crippen molar-refractivity contribution < 1.29 is 19.1 Å². The zero-order valence-corrected chi connectivity index (χ0v) is 14.9. The molecule has 2 fully saturated rings. The largest absolute Gasteiger partial charge is 0.381 e. The van der Waals surface area contributed by atoms with Gasteiger partial charge in [0.15, 0.2) is 0 Å². The molecule has 1 atom stereocenters. The van der Waals surface area contributed by atoms with Crippen molar-refractivity contribution in [3.63, 3.8) is 0 Å². The van der Waals surface area contributed by atoms with E-state index in [9.17, 15) is 9.59 Å². The van der Waals surface area contributed by atoms with Crippen molar-refractivity contribution in [3.05, 3.63) is 18.0 Å². The number of nitrogens with zero attached hydrogens (tertiary/aromatic N) is 4. The van der Waals surface area contributed by atoms with Gasteiger partial charge in [0, 0.05) is 46.6 Å². The summed E-state index contributed by atoms with van der Waals surface area (Å²) in [5.74, 6) is -0.496. The number of morpholine rings is 1. The number of likely N-dealkylation sites (N-methyl/N-ethyl adjacent to an activating group) is 1. The quantitative estimate of drug-likeness (QED) is 0.728. The molecule has 0 saturated carbocycles. The molecule has 3 heterocycles. The molecule has 1 unspecified atom stereocenters. The first-order chi connectivity index (χ1) is 12.1. The zero-order valence-electron chi connectivity index (χ0n) is 14.9. The average Bonchev–Trinajstić information content (AvgIpc) is 3.07.